The average molecular weight is 278 g/mol. The second-order valence-corrected chi connectivity index (χ2v) is 4.90. The van der Waals surface area contributed by atoms with Crippen molar-refractivity contribution < 1.29 is 5.11 Å². The number of anilines is 4. The van der Waals surface area contributed by atoms with Crippen LogP contribution in [0.2, 0.25) is 5.02 Å². The predicted molar refractivity (Wildman–Crippen MR) is 81.1 cm³/mol. The summed E-state index contributed by atoms with van der Waals surface area (Å²) in [5, 5.41) is 13.5. The first-order valence-electron chi connectivity index (χ1n) is 5.81. The number of aryl methyl sites for hydroxylation is 1. The average Bonchev–Trinajstić information content (AvgIpc) is 2.38. The molecule has 0 amide bonds. The summed E-state index contributed by atoms with van der Waals surface area (Å²) >= 11 is 5.97. The van der Waals surface area contributed by atoms with Gasteiger partial charge in [0.1, 0.15) is 5.75 Å². The van der Waals surface area contributed by atoms with Gasteiger partial charge in [0.15, 0.2) is 0 Å². The molecule has 100 valence electrons. The molecule has 0 saturated carbocycles. The SMILES string of the molecule is Cc1cc(Nc2ccc(N)c(Cl)c2)c(N)c(C)c1O. The van der Waals surface area contributed by atoms with E-state index in [-0.39, 0.29) is 5.75 Å². The molecule has 0 aliphatic carbocycles. The number of halogens is 1. The topological polar surface area (TPSA) is 84.3 Å². The van der Waals surface area contributed by atoms with Crippen LogP contribution in [0.3, 0.4) is 0 Å². The number of phenolic OH excluding ortho intramolecular Hbond substituents is 1. The summed E-state index contributed by atoms with van der Waals surface area (Å²) in [5.74, 6) is 0.221. The minimum absolute atomic E-state index is 0.221. The lowest BCUT2D eigenvalue weighted by molar-refractivity contribution is 0.467. The van der Waals surface area contributed by atoms with Gasteiger partial charge in [0.25, 0.3) is 0 Å². The van der Waals surface area contributed by atoms with Gasteiger partial charge in [-0.15, -0.1) is 0 Å². The zero-order valence-corrected chi connectivity index (χ0v) is 11.5. The molecule has 0 radical (unpaired) electrons. The van der Waals surface area contributed by atoms with Gasteiger partial charge < -0.3 is 21.9 Å². The minimum Gasteiger partial charge on any atom is -0.507 e. The molecule has 0 aliphatic heterocycles. The number of aromatic hydroxyl groups is 1. The molecule has 0 fully saturated rings. The molecule has 4 nitrogen and oxygen atoms in total. The molecule has 0 heterocycles. The second kappa shape index (κ2) is 4.90. The lowest BCUT2D eigenvalue weighted by atomic mass is 10.1. The van der Waals surface area contributed by atoms with Crippen molar-refractivity contribution in [3.8, 4) is 5.75 Å². The summed E-state index contributed by atoms with van der Waals surface area (Å²) < 4.78 is 0. The second-order valence-electron chi connectivity index (χ2n) is 4.49. The molecule has 2 aromatic rings. The maximum Gasteiger partial charge on any atom is 0.123 e. The largest absolute Gasteiger partial charge is 0.507 e. The van der Waals surface area contributed by atoms with Gasteiger partial charge in [0, 0.05) is 11.3 Å². The van der Waals surface area contributed by atoms with Crippen molar-refractivity contribution in [3.63, 3.8) is 0 Å². The lowest BCUT2D eigenvalue weighted by Gasteiger charge is -2.15. The van der Waals surface area contributed by atoms with Crippen LogP contribution in [0.4, 0.5) is 22.7 Å². The fraction of sp³-hybridized carbons (Fsp3) is 0.143. The fourth-order valence-corrected chi connectivity index (χ4v) is 2.03. The van der Waals surface area contributed by atoms with Gasteiger partial charge in [-0.1, -0.05) is 11.6 Å². The van der Waals surface area contributed by atoms with Crippen LogP contribution < -0.4 is 16.8 Å². The van der Waals surface area contributed by atoms with Crippen LogP contribution in [0.5, 0.6) is 5.75 Å². The number of nitrogens with two attached hydrogens (primary N) is 2. The maximum atomic E-state index is 9.81. The molecule has 0 spiro atoms. The van der Waals surface area contributed by atoms with E-state index in [1.165, 1.54) is 0 Å². The molecule has 0 aromatic heterocycles. The van der Waals surface area contributed by atoms with Gasteiger partial charge in [0.05, 0.1) is 22.1 Å². The third-order valence-corrected chi connectivity index (χ3v) is 3.39. The molecule has 0 atom stereocenters. The quantitative estimate of drug-likeness (QED) is 0.499. The number of rotatable bonds is 2. The van der Waals surface area contributed by atoms with Gasteiger partial charge in [-0.25, -0.2) is 0 Å². The van der Waals surface area contributed by atoms with Crippen molar-refractivity contribution >= 4 is 34.4 Å². The number of hydrogen-bond acceptors (Lipinski definition) is 4. The van der Waals surface area contributed by atoms with Gasteiger partial charge in [-0.05, 0) is 43.7 Å². The van der Waals surface area contributed by atoms with Crippen molar-refractivity contribution in [2.75, 3.05) is 16.8 Å². The van der Waals surface area contributed by atoms with Gasteiger partial charge in [0.2, 0.25) is 0 Å². The zero-order chi connectivity index (χ0) is 14.2. The van der Waals surface area contributed by atoms with E-state index in [1.54, 1.807) is 25.1 Å². The summed E-state index contributed by atoms with van der Waals surface area (Å²) in [6.45, 7) is 3.60. The smallest absolute Gasteiger partial charge is 0.123 e. The molecule has 0 saturated heterocycles. The first-order valence-corrected chi connectivity index (χ1v) is 6.18. The van der Waals surface area contributed by atoms with Crippen molar-refractivity contribution in [1.29, 1.82) is 0 Å². The Morgan fingerprint density at radius 1 is 1.16 bits per heavy atom. The summed E-state index contributed by atoms with van der Waals surface area (Å²) in [5.41, 5.74) is 15.6. The molecule has 5 heteroatoms. The Hall–Kier alpha value is -2.07. The lowest BCUT2D eigenvalue weighted by Crippen LogP contribution is -2.00. The number of nitrogen functional groups attached to an aromatic ring is 2. The highest BCUT2D eigenvalue weighted by atomic mass is 35.5. The third-order valence-electron chi connectivity index (χ3n) is 3.06. The standard InChI is InChI=1S/C14H16ClN3O/c1-7-5-12(13(17)8(2)14(7)19)18-9-3-4-11(16)10(15)6-9/h3-6,18-19H,16-17H2,1-2H3. The number of benzene rings is 2. The monoisotopic (exact) mass is 277 g/mol. The van der Waals surface area contributed by atoms with Gasteiger partial charge >= 0.3 is 0 Å². The van der Waals surface area contributed by atoms with Crippen LogP contribution >= 0.6 is 11.6 Å². The molecule has 0 aliphatic rings. The van der Waals surface area contributed by atoms with Crippen LogP contribution in [-0.2, 0) is 0 Å². The van der Waals surface area contributed by atoms with Crippen molar-refractivity contribution in [2.24, 2.45) is 0 Å². The van der Waals surface area contributed by atoms with Crippen LogP contribution in [0.1, 0.15) is 11.1 Å². The molecule has 2 aromatic carbocycles. The van der Waals surface area contributed by atoms with E-state index in [9.17, 15) is 5.11 Å². The normalized spacial score (nSPS) is 10.5. The Morgan fingerprint density at radius 3 is 2.47 bits per heavy atom. The van der Waals surface area contributed by atoms with E-state index in [0.717, 1.165) is 16.9 Å². The maximum absolute atomic E-state index is 9.81. The van der Waals surface area contributed by atoms with Crippen molar-refractivity contribution in [2.45, 2.75) is 13.8 Å². The third kappa shape index (κ3) is 2.53. The number of hydrogen-bond donors (Lipinski definition) is 4. The Balaban J connectivity index is 2.41. The van der Waals surface area contributed by atoms with Gasteiger partial charge in [-0.2, -0.15) is 0 Å². The first kappa shape index (κ1) is 13.4. The minimum atomic E-state index is 0.221. The highest BCUT2D eigenvalue weighted by molar-refractivity contribution is 6.33. The van der Waals surface area contributed by atoms with Crippen LogP contribution in [-0.4, -0.2) is 5.11 Å². The van der Waals surface area contributed by atoms with E-state index in [1.807, 2.05) is 13.0 Å². The Morgan fingerprint density at radius 2 is 1.84 bits per heavy atom. The van der Waals surface area contributed by atoms with Crippen LogP contribution in [0, 0.1) is 13.8 Å². The zero-order valence-electron chi connectivity index (χ0n) is 10.8. The summed E-state index contributed by atoms with van der Waals surface area (Å²) in [7, 11) is 0. The van der Waals surface area contributed by atoms with Crippen LogP contribution in [0.25, 0.3) is 0 Å². The highest BCUT2D eigenvalue weighted by Crippen LogP contribution is 2.35. The molecule has 2 rings (SSSR count). The van der Waals surface area contributed by atoms with E-state index in [4.69, 9.17) is 23.1 Å². The van der Waals surface area contributed by atoms with Crippen LogP contribution in [0.15, 0.2) is 24.3 Å². The highest BCUT2D eigenvalue weighted by Gasteiger charge is 2.10. The van der Waals surface area contributed by atoms with Gasteiger partial charge in [-0.3, -0.25) is 0 Å². The summed E-state index contributed by atoms with van der Waals surface area (Å²) in [6, 6.07) is 7.06. The fourth-order valence-electron chi connectivity index (χ4n) is 1.85. The molecule has 19 heavy (non-hydrogen) atoms. The van der Waals surface area contributed by atoms with E-state index in [2.05, 4.69) is 5.32 Å². The first-order chi connectivity index (χ1) is 8.90. The van der Waals surface area contributed by atoms with E-state index in [0.29, 0.717) is 22.0 Å². The predicted octanol–water partition coefficient (Wildman–Crippen LogP) is 3.57. The summed E-state index contributed by atoms with van der Waals surface area (Å²) in [6.07, 6.45) is 0. The molecular formula is C14H16ClN3O. The Labute approximate surface area is 117 Å². The molecule has 0 unspecified atom stereocenters. The van der Waals surface area contributed by atoms with E-state index < -0.39 is 0 Å². The van der Waals surface area contributed by atoms with E-state index >= 15 is 0 Å². The van der Waals surface area contributed by atoms with Crippen molar-refractivity contribution in [1.82, 2.24) is 0 Å². The Bertz CT molecular complexity index is 641. The molecular weight excluding hydrogens is 262 g/mol. The number of phenols is 1. The number of nitrogens with one attached hydrogen (secondary N) is 1. The summed E-state index contributed by atoms with van der Waals surface area (Å²) in [4.78, 5) is 0. The molecule has 0 bridgehead atoms. The van der Waals surface area contributed by atoms with Crippen molar-refractivity contribution in [3.05, 3.63) is 40.4 Å². The molecule has 6 N–H and O–H groups in total. The Kier molecular flexibility index (Phi) is 3.44.